The van der Waals surface area contributed by atoms with Crippen LogP contribution in [0.3, 0.4) is 0 Å². The number of nitrogens with zero attached hydrogens (tertiary/aromatic N) is 1. The van der Waals surface area contributed by atoms with Gasteiger partial charge in [0.15, 0.2) is 0 Å². The third-order valence-corrected chi connectivity index (χ3v) is 2.34. The van der Waals surface area contributed by atoms with Crippen molar-refractivity contribution in [2.45, 2.75) is 38.8 Å². The van der Waals surface area contributed by atoms with Crippen LogP contribution in [0.2, 0.25) is 0 Å². The molecule has 0 saturated carbocycles. The van der Waals surface area contributed by atoms with Gasteiger partial charge in [-0.3, -0.25) is 10.4 Å². The van der Waals surface area contributed by atoms with Crippen LogP contribution >= 0.6 is 0 Å². The highest BCUT2D eigenvalue weighted by molar-refractivity contribution is 5.79. The first kappa shape index (κ1) is 11.3. The minimum Gasteiger partial charge on any atom is -0.376 e. The summed E-state index contributed by atoms with van der Waals surface area (Å²) in [5.74, 6) is 5.96. The first-order chi connectivity index (χ1) is 6.77. The molecular formula is C9H20N4O. The van der Waals surface area contributed by atoms with Gasteiger partial charge in [0.1, 0.15) is 0 Å². The molecular weight excluding hydrogens is 180 g/mol. The Kier molecular flexibility index (Phi) is 4.69. The Hall–Kier alpha value is -0.810. The molecule has 2 unspecified atom stereocenters. The Balaban J connectivity index is 2.37. The van der Waals surface area contributed by atoms with Gasteiger partial charge in [-0.15, -0.1) is 0 Å². The Morgan fingerprint density at radius 1 is 1.71 bits per heavy atom. The van der Waals surface area contributed by atoms with Crippen LogP contribution in [0.25, 0.3) is 0 Å². The fraction of sp³-hybridized carbons (Fsp3) is 0.889. The number of hydrazine groups is 1. The van der Waals surface area contributed by atoms with E-state index in [0.717, 1.165) is 19.4 Å². The summed E-state index contributed by atoms with van der Waals surface area (Å²) in [6.07, 6.45) is 2.54. The fourth-order valence-corrected chi connectivity index (χ4v) is 1.60. The molecule has 4 N–H and O–H groups in total. The molecule has 0 bridgehead atoms. The minimum absolute atomic E-state index is 0.249. The number of aliphatic imine (C=N–C) groups is 1. The van der Waals surface area contributed by atoms with E-state index in [0.29, 0.717) is 12.5 Å². The van der Waals surface area contributed by atoms with Crippen molar-refractivity contribution in [3.05, 3.63) is 0 Å². The van der Waals surface area contributed by atoms with Crippen LogP contribution in [-0.4, -0.2) is 31.3 Å². The SMILES string of the molecule is CCN=C(NN)NC(C)C1CCCO1. The van der Waals surface area contributed by atoms with E-state index in [1.165, 1.54) is 0 Å². The Labute approximate surface area is 85.1 Å². The molecule has 1 aliphatic rings. The first-order valence-electron chi connectivity index (χ1n) is 5.17. The Bertz CT molecular complexity index is 189. The molecule has 0 aromatic rings. The summed E-state index contributed by atoms with van der Waals surface area (Å²) in [6.45, 7) is 5.63. The second-order valence-electron chi connectivity index (χ2n) is 3.45. The van der Waals surface area contributed by atoms with E-state index in [2.05, 4.69) is 22.7 Å². The summed E-state index contributed by atoms with van der Waals surface area (Å²) < 4.78 is 5.55. The molecule has 1 aliphatic heterocycles. The molecule has 2 atom stereocenters. The number of guanidine groups is 1. The minimum atomic E-state index is 0.249. The zero-order valence-electron chi connectivity index (χ0n) is 8.92. The second-order valence-corrected chi connectivity index (χ2v) is 3.45. The zero-order valence-corrected chi connectivity index (χ0v) is 8.92. The molecule has 0 amide bonds. The van der Waals surface area contributed by atoms with Gasteiger partial charge in [0, 0.05) is 13.2 Å². The van der Waals surface area contributed by atoms with Gasteiger partial charge in [-0.25, -0.2) is 5.84 Å². The third kappa shape index (κ3) is 3.16. The molecule has 0 spiro atoms. The van der Waals surface area contributed by atoms with Crippen molar-refractivity contribution in [2.24, 2.45) is 10.8 Å². The fourth-order valence-electron chi connectivity index (χ4n) is 1.60. The van der Waals surface area contributed by atoms with E-state index in [4.69, 9.17) is 10.6 Å². The van der Waals surface area contributed by atoms with Crippen LogP contribution in [0, 0.1) is 0 Å². The number of ether oxygens (including phenoxy) is 1. The molecule has 14 heavy (non-hydrogen) atoms. The van der Waals surface area contributed by atoms with Crippen LogP contribution < -0.4 is 16.6 Å². The number of nitrogens with one attached hydrogen (secondary N) is 2. The number of rotatable bonds is 3. The summed E-state index contributed by atoms with van der Waals surface area (Å²) in [4.78, 5) is 4.17. The van der Waals surface area contributed by atoms with Crippen molar-refractivity contribution in [1.82, 2.24) is 10.7 Å². The lowest BCUT2D eigenvalue weighted by Crippen LogP contribution is -2.49. The molecule has 1 rings (SSSR count). The second kappa shape index (κ2) is 5.82. The van der Waals surface area contributed by atoms with Gasteiger partial charge in [0.25, 0.3) is 0 Å². The Morgan fingerprint density at radius 2 is 2.50 bits per heavy atom. The highest BCUT2D eigenvalue weighted by atomic mass is 16.5. The average molecular weight is 200 g/mol. The van der Waals surface area contributed by atoms with Crippen LogP contribution in [0.5, 0.6) is 0 Å². The van der Waals surface area contributed by atoms with E-state index in [9.17, 15) is 0 Å². The molecule has 5 nitrogen and oxygen atoms in total. The molecule has 0 aliphatic carbocycles. The molecule has 5 heteroatoms. The predicted octanol–water partition coefficient (Wildman–Crippen LogP) is -0.0173. The lowest BCUT2D eigenvalue weighted by atomic mass is 10.1. The standard InChI is InChI=1S/C9H20N4O/c1-3-11-9(13-10)12-7(2)8-5-4-6-14-8/h7-8H,3-6,10H2,1-2H3,(H2,11,12,13). The van der Waals surface area contributed by atoms with E-state index < -0.39 is 0 Å². The maximum absolute atomic E-state index is 5.55. The van der Waals surface area contributed by atoms with E-state index in [-0.39, 0.29) is 12.1 Å². The third-order valence-electron chi connectivity index (χ3n) is 2.34. The van der Waals surface area contributed by atoms with Crippen molar-refractivity contribution in [3.63, 3.8) is 0 Å². The lowest BCUT2D eigenvalue weighted by molar-refractivity contribution is 0.0890. The van der Waals surface area contributed by atoms with Gasteiger partial charge in [-0.05, 0) is 26.7 Å². The average Bonchev–Trinajstić information content (AvgIpc) is 2.69. The monoisotopic (exact) mass is 200 g/mol. The van der Waals surface area contributed by atoms with Crippen LogP contribution in [0.4, 0.5) is 0 Å². The summed E-state index contributed by atoms with van der Waals surface area (Å²) in [6, 6.07) is 0.249. The highest BCUT2D eigenvalue weighted by Gasteiger charge is 2.22. The molecule has 1 heterocycles. The first-order valence-corrected chi connectivity index (χ1v) is 5.17. The van der Waals surface area contributed by atoms with Crippen LogP contribution in [-0.2, 0) is 4.74 Å². The van der Waals surface area contributed by atoms with Gasteiger partial charge >= 0.3 is 0 Å². The van der Waals surface area contributed by atoms with Gasteiger partial charge in [-0.1, -0.05) is 0 Å². The molecule has 82 valence electrons. The van der Waals surface area contributed by atoms with Crippen molar-refractivity contribution in [2.75, 3.05) is 13.2 Å². The summed E-state index contributed by atoms with van der Waals surface area (Å²) >= 11 is 0. The van der Waals surface area contributed by atoms with Crippen molar-refractivity contribution >= 4 is 5.96 Å². The summed E-state index contributed by atoms with van der Waals surface area (Å²) in [5.41, 5.74) is 2.54. The molecule has 1 saturated heterocycles. The van der Waals surface area contributed by atoms with E-state index >= 15 is 0 Å². The van der Waals surface area contributed by atoms with Crippen molar-refractivity contribution < 1.29 is 4.74 Å². The molecule has 1 fully saturated rings. The molecule has 0 radical (unpaired) electrons. The zero-order chi connectivity index (χ0) is 10.4. The van der Waals surface area contributed by atoms with Crippen LogP contribution in [0.1, 0.15) is 26.7 Å². The van der Waals surface area contributed by atoms with Gasteiger partial charge in [0.2, 0.25) is 5.96 Å². The Morgan fingerprint density at radius 3 is 3.00 bits per heavy atom. The smallest absolute Gasteiger partial charge is 0.206 e. The largest absolute Gasteiger partial charge is 0.376 e. The van der Waals surface area contributed by atoms with Gasteiger partial charge in [-0.2, -0.15) is 0 Å². The maximum atomic E-state index is 5.55. The van der Waals surface area contributed by atoms with Crippen LogP contribution in [0.15, 0.2) is 4.99 Å². The maximum Gasteiger partial charge on any atom is 0.206 e. The molecule has 0 aromatic carbocycles. The molecule has 0 aromatic heterocycles. The lowest BCUT2D eigenvalue weighted by Gasteiger charge is -2.21. The highest BCUT2D eigenvalue weighted by Crippen LogP contribution is 2.15. The predicted molar refractivity (Wildman–Crippen MR) is 56.9 cm³/mol. The number of nitrogens with two attached hydrogens (primary N) is 1. The van der Waals surface area contributed by atoms with E-state index in [1.807, 2.05) is 6.92 Å². The topological polar surface area (TPSA) is 71.7 Å². The summed E-state index contributed by atoms with van der Waals surface area (Å²) in [5, 5.41) is 3.20. The van der Waals surface area contributed by atoms with Crippen molar-refractivity contribution in [1.29, 1.82) is 0 Å². The van der Waals surface area contributed by atoms with Gasteiger partial charge in [0.05, 0.1) is 12.1 Å². The normalized spacial score (nSPS) is 24.8. The van der Waals surface area contributed by atoms with E-state index in [1.54, 1.807) is 0 Å². The van der Waals surface area contributed by atoms with Crippen molar-refractivity contribution in [3.8, 4) is 0 Å². The summed E-state index contributed by atoms with van der Waals surface area (Å²) in [7, 11) is 0. The number of hydrogen-bond acceptors (Lipinski definition) is 3. The van der Waals surface area contributed by atoms with Gasteiger partial charge < -0.3 is 10.1 Å². The number of hydrogen-bond donors (Lipinski definition) is 3. The quantitative estimate of drug-likeness (QED) is 0.259.